The van der Waals surface area contributed by atoms with E-state index >= 15 is 0 Å². The van der Waals surface area contributed by atoms with Gasteiger partial charge >= 0.3 is 5.97 Å². The lowest BCUT2D eigenvalue weighted by molar-refractivity contribution is -0.137. The van der Waals surface area contributed by atoms with Gasteiger partial charge in [-0.15, -0.1) is 0 Å². The SMILES string of the molecule is CC(CCCC(=O)O)NC(=O)CCC(C)(C)N. The van der Waals surface area contributed by atoms with E-state index in [1.165, 1.54) is 0 Å². The van der Waals surface area contributed by atoms with Gasteiger partial charge in [0.2, 0.25) is 5.91 Å². The van der Waals surface area contributed by atoms with Crippen LogP contribution in [0, 0.1) is 0 Å². The van der Waals surface area contributed by atoms with Gasteiger partial charge in [-0.3, -0.25) is 9.59 Å². The zero-order valence-electron chi connectivity index (χ0n) is 11.0. The number of hydrogen-bond acceptors (Lipinski definition) is 3. The number of carboxylic acids is 1. The van der Waals surface area contributed by atoms with Crippen LogP contribution in [0.15, 0.2) is 0 Å². The predicted molar refractivity (Wildman–Crippen MR) is 66.6 cm³/mol. The second-order valence-corrected chi connectivity index (χ2v) is 5.24. The molecule has 0 radical (unpaired) electrons. The molecule has 0 bridgehead atoms. The smallest absolute Gasteiger partial charge is 0.303 e. The second-order valence-electron chi connectivity index (χ2n) is 5.24. The molecule has 0 heterocycles. The van der Waals surface area contributed by atoms with Crippen LogP contribution in [-0.4, -0.2) is 28.6 Å². The number of carboxylic acid groups (broad SMARTS) is 1. The maximum Gasteiger partial charge on any atom is 0.303 e. The Morgan fingerprint density at radius 3 is 2.41 bits per heavy atom. The molecule has 100 valence electrons. The largest absolute Gasteiger partial charge is 0.481 e. The van der Waals surface area contributed by atoms with Gasteiger partial charge in [0.15, 0.2) is 0 Å². The summed E-state index contributed by atoms with van der Waals surface area (Å²) in [6.45, 7) is 5.65. The molecule has 0 aliphatic carbocycles. The Morgan fingerprint density at radius 2 is 1.94 bits per heavy atom. The molecule has 1 amide bonds. The fourth-order valence-corrected chi connectivity index (χ4v) is 1.41. The fourth-order valence-electron chi connectivity index (χ4n) is 1.41. The molecule has 1 unspecified atom stereocenters. The molecular formula is C12H24N2O3. The first-order valence-corrected chi connectivity index (χ1v) is 6.01. The molecule has 0 aromatic heterocycles. The first-order valence-electron chi connectivity index (χ1n) is 6.01. The Bertz CT molecular complexity index is 259. The molecule has 0 rings (SSSR count). The Hall–Kier alpha value is -1.10. The minimum atomic E-state index is -0.798. The molecular weight excluding hydrogens is 220 g/mol. The van der Waals surface area contributed by atoms with E-state index in [1.54, 1.807) is 0 Å². The first kappa shape index (κ1) is 15.9. The minimum absolute atomic E-state index is 0.0164. The van der Waals surface area contributed by atoms with E-state index in [9.17, 15) is 9.59 Å². The normalized spacial score (nSPS) is 13.2. The average Bonchev–Trinajstić information content (AvgIpc) is 2.13. The third-order valence-electron chi connectivity index (χ3n) is 2.43. The molecule has 0 fully saturated rings. The van der Waals surface area contributed by atoms with Crippen LogP contribution in [0.2, 0.25) is 0 Å². The van der Waals surface area contributed by atoms with E-state index in [4.69, 9.17) is 10.8 Å². The van der Waals surface area contributed by atoms with Crippen molar-refractivity contribution in [1.82, 2.24) is 5.32 Å². The molecule has 0 spiro atoms. The lowest BCUT2D eigenvalue weighted by Gasteiger charge is -2.19. The number of carbonyl (C=O) groups excluding carboxylic acids is 1. The highest BCUT2D eigenvalue weighted by atomic mass is 16.4. The van der Waals surface area contributed by atoms with Crippen molar-refractivity contribution in [3.8, 4) is 0 Å². The number of rotatable bonds is 8. The quantitative estimate of drug-likeness (QED) is 0.599. The van der Waals surface area contributed by atoms with E-state index in [1.807, 2.05) is 20.8 Å². The van der Waals surface area contributed by atoms with Crippen LogP contribution in [0.3, 0.4) is 0 Å². The summed E-state index contributed by atoms with van der Waals surface area (Å²) in [6, 6.07) is 0.0164. The number of hydrogen-bond donors (Lipinski definition) is 3. The van der Waals surface area contributed by atoms with E-state index < -0.39 is 5.97 Å². The second kappa shape index (κ2) is 7.27. The summed E-state index contributed by atoms with van der Waals surface area (Å²) in [5.41, 5.74) is 5.45. The van der Waals surface area contributed by atoms with Gasteiger partial charge in [0.1, 0.15) is 0 Å². The zero-order chi connectivity index (χ0) is 13.5. The van der Waals surface area contributed by atoms with Crippen molar-refractivity contribution < 1.29 is 14.7 Å². The van der Waals surface area contributed by atoms with Gasteiger partial charge in [-0.2, -0.15) is 0 Å². The summed E-state index contributed by atoms with van der Waals surface area (Å²) in [4.78, 5) is 21.8. The summed E-state index contributed by atoms with van der Waals surface area (Å²) in [5, 5.41) is 11.3. The first-order chi connectivity index (χ1) is 7.70. The molecule has 0 saturated carbocycles. The third kappa shape index (κ3) is 11.2. The number of aliphatic carboxylic acids is 1. The lowest BCUT2D eigenvalue weighted by Crippen LogP contribution is -2.37. The number of carbonyl (C=O) groups is 2. The van der Waals surface area contributed by atoms with Crippen molar-refractivity contribution in [1.29, 1.82) is 0 Å². The number of nitrogens with one attached hydrogen (secondary N) is 1. The fraction of sp³-hybridized carbons (Fsp3) is 0.833. The Labute approximate surface area is 103 Å². The van der Waals surface area contributed by atoms with Crippen molar-refractivity contribution in [2.24, 2.45) is 5.73 Å². The summed E-state index contributed by atoms with van der Waals surface area (Å²) in [6.07, 6.45) is 2.46. The maximum absolute atomic E-state index is 11.5. The van der Waals surface area contributed by atoms with Gasteiger partial charge in [0.25, 0.3) is 0 Å². The monoisotopic (exact) mass is 244 g/mol. The predicted octanol–water partition coefficient (Wildman–Crippen LogP) is 1.26. The van der Waals surface area contributed by atoms with Crippen LogP contribution < -0.4 is 11.1 Å². The highest BCUT2D eigenvalue weighted by molar-refractivity contribution is 5.76. The zero-order valence-corrected chi connectivity index (χ0v) is 11.0. The topological polar surface area (TPSA) is 92.4 Å². The van der Waals surface area contributed by atoms with Gasteiger partial charge < -0.3 is 16.2 Å². The molecule has 17 heavy (non-hydrogen) atoms. The van der Waals surface area contributed by atoms with E-state index in [2.05, 4.69) is 5.32 Å². The van der Waals surface area contributed by atoms with E-state index in [-0.39, 0.29) is 23.9 Å². The molecule has 5 nitrogen and oxygen atoms in total. The molecule has 0 aliphatic rings. The van der Waals surface area contributed by atoms with Crippen LogP contribution in [0.25, 0.3) is 0 Å². The molecule has 0 aromatic carbocycles. The molecule has 0 aliphatic heterocycles. The van der Waals surface area contributed by atoms with Crippen molar-refractivity contribution in [2.45, 2.75) is 64.5 Å². The number of amides is 1. The van der Waals surface area contributed by atoms with Gasteiger partial charge in [-0.05, 0) is 40.0 Å². The summed E-state index contributed by atoms with van der Waals surface area (Å²) in [5.74, 6) is -0.820. The van der Waals surface area contributed by atoms with Crippen LogP contribution >= 0.6 is 0 Å². The highest BCUT2D eigenvalue weighted by Gasteiger charge is 2.14. The maximum atomic E-state index is 11.5. The molecule has 5 heteroatoms. The van der Waals surface area contributed by atoms with Crippen molar-refractivity contribution in [3.63, 3.8) is 0 Å². The van der Waals surface area contributed by atoms with Crippen LogP contribution in [0.1, 0.15) is 52.9 Å². The summed E-state index contributed by atoms with van der Waals surface area (Å²) in [7, 11) is 0. The Kier molecular flexibility index (Phi) is 6.80. The highest BCUT2D eigenvalue weighted by Crippen LogP contribution is 2.07. The van der Waals surface area contributed by atoms with E-state index in [0.717, 1.165) is 0 Å². The lowest BCUT2D eigenvalue weighted by atomic mass is 10.00. The molecule has 1 atom stereocenters. The van der Waals surface area contributed by atoms with E-state index in [0.29, 0.717) is 25.7 Å². The van der Waals surface area contributed by atoms with Crippen LogP contribution in [-0.2, 0) is 9.59 Å². The van der Waals surface area contributed by atoms with Crippen molar-refractivity contribution >= 4 is 11.9 Å². The molecule has 4 N–H and O–H groups in total. The Morgan fingerprint density at radius 1 is 1.35 bits per heavy atom. The summed E-state index contributed by atoms with van der Waals surface area (Å²) < 4.78 is 0. The minimum Gasteiger partial charge on any atom is -0.481 e. The standard InChI is InChI=1S/C12H24N2O3/c1-9(5-4-6-11(16)17)14-10(15)7-8-12(2,3)13/h9H,4-8,13H2,1-3H3,(H,14,15)(H,16,17). The number of nitrogens with two attached hydrogens (primary N) is 1. The Balaban J connectivity index is 3.69. The average molecular weight is 244 g/mol. The van der Waals surface area contributed by atoms with Gasteiger partial charge in [-0.1, -0.05) is 0 Å². The van der Waals surface area contributed by atoms with Crippen molar-refractivity contribution in [2.75, 3.05) is 0 Å². The molecule has 0 aromatic rings. The van der Waals surface area contributed by atoms with Crippen molar-refractivity contribution in [3.05, 3.63) is 0 Å². The third-order valence-corrected chi connectivity index (χ3v) is 2.43. The van der Waals surface area contributed by atoms with Crippen LogP contribution in [0.4, 0.5) is 0 Å². The van der Waals surface area contributed by atoms with Gasteiger partial charge in [0.05, 0.1) is 0 Å². The van der Waals surface area contributed by atoms with Crippen LogP contribution in [0.5, 0.6) is 0 Å². The molecule has 0 saturated heterocycles. The van der Waals surface area contributed by atoms with Gasteiger partial charge in [0, 0.05) is 24.4 Å². The summed E-state index contributed by atoms with van der Waals surface area (Å²) >= 11 is 0. The van der Waals surface area contributed by atoms with Gasteiger partial charge in [-0.25, -0.2) is 0 Å².